The van der Waals surface area contributed by atoms with Gasteiger partial charge in [-0.05, 0) is 42.7 Å². The summed E-state index contributed by atoms with van der Waals surface area (Å²) in [5.74, 6) is 0.218. The fourth-order valence-electron chi connectivity index (χ4n) is 3.77. The van der Waals surface area contributed by atoms with Crippen LogP contribution in [-0.2, 0) is 27.5 Å². The Labute approximate surface area is 183 Å². The van der Waals surface area contributed by atoms with E-state index in [-0.39, 0.29) is 23.5 Å². The smallest absolute Gasteiger partial charge is 0.416 e. The van der Waals surface area contributed by atoms with Crippen LogP contribution in [0.4, 0.5) is 13.2 Å². The van der Waals surface area contributed by atoms with Crippen molar-refractivity contribution in [2.45, 2.75) is 36.5 Å². The summed E-state index contributed by atoms with van der Waals surface area (Å²) in [6.45, 7) is 0.704. The van der Waals surface area contributed by atoms with Gasteiger partial charge in [0.05, 0.1) is 10.5 Å². The molecule has 172 valence electrons. The van der Waals surface area contributed by atoms with Crippen LogP contribution in [0.5, 0.6) is 11.5 Å². The van der Waals surface area contributed by atoms with E-state index >= 15 is 0 Å². The molecule has 2 heterocycles. The van der Waals surface area contributed by atoms with Gasteiger partial charge in [0, 0.05) is 19.2 Å². The monoisotopic (exact) mass is 470 g/mol. The van der Waals surface area contributed by atoms with Crippen LogP contribution in [-0.4, -0.2) is 44.4 Å². The zero-order valence-electron chi connectivity index (χ0n) is 16.9. The van der Waals surface area contributed by atoms with Crippen LogP contribution in [0.25, 0.3) is 0 Å². The molecule has 1 saturated heterocycles. The molecule has 2 aliphatic heterocycles. The average molecular weight is 470 g/mol. The highest BCUT2D eigenvalue weighted by Gasteiger charge is 2.40. The highest BCUT2D eigenvalue weighted by atomic mass is 32.2. The second-order valence-corrected chi connectivity index (χ2v) is 9.39. The van der Waals surface area contributed by atoms with Gasteiger partial charge in [-0.25, -0.2) is 8.42 Å². The summed E-state index contributed by atoms with van der Waals surface area (Å²) in [5.41, 5.74) is -0.541. The molecular formula is C21H21F3N2O5S. The van der Waals surface area contributed by atoms with Gasteiger partial charge >= 0.3 is 6.18 Å². The third-order valence-electron chi connectivity index (χ3n) is 5.35. The van der Waals surface area contributed by atoms with Crippen molar-refractivity contribution in [1.29, 1.82) is 0 Å². The molecular weight excluding hydrogens is 449 g/mol. The zero-order chi connectivity index (χ0) is 22.9. The average Bonchev–Trinajstić information content (AvgIpc) is 3.28. The fraction of sp³-hybridized carbons (Fsp3) is 0.381. The van der Waals surface area contributed by atoms with Crippen LogP contribution in [0.1, 0.15) is 24.0 Å². The Morgan fingerprint density at radius 3 is 2.59 bits per heavy atom. The lowest BCUT2D eigenvalue weighted by molar-refractivity contribution is -0.137. The molecule has 0 bridgehead atoms. The maximum Gasteiger partial charge on any atom is 0.416 e. The first kappa shape index (κ1) is 22.4. The summed E-state index contributed by atoms with van der Waals surface area (Å²) in [4.78, 5) is 12.7. The zero-order valence-corrected chi connectivity index (χ0v) is 17.7. The first-order chi connectivity index (χ1) is 15.2. The molecule has 0 saturated carbocycles. The molecule has 1 atom stereocenters. The van der Waals surface area contributed by atoms with Crippen molar-refractivity contribution in [2.75, 3.05) is 19.8 Å². The number of nitrogens with one attached hydrogen (secondary N) is 1. The number of hydrogen-bond donors (Lipinski definition) is 1. The minimum absolute atomic E-state index is 0.0145. The number of sulfonamides is 1. The molecule has 1 unspecified atom stereocenters. The first-order valence-electron chi connectivity index (χ1n) is 10.0. The number of nitrogens with zero attached hydrogens (tertiary/aromatic N) is 1. The number of rotatable bonds is 5. The summed E-state index contributed by atoms with van der Waals surface area (Å²) in [6, 6.07) is 7.98. The molecule has 2 aromatic carbocycles. The number of halogens is 3. The lowest BCUT2D eigenvalue weighted by Gasteiger charge is -2.24. The second-order valence-electron chi connectivity index (χ2n) is 7.50. The van der Waals surface area contributed by atoms with E-state index in [2.05, 4.69) is 5.32 Å². The molecule has 4 rings (SSSR count). The summed E-state index contributed by atoms with van der Waals surface area (Å²) in [7, 11) is -3.99. The summed E-state index contributed by atoms with van der Waals surface area (Å²) in [6.07, 6.45) is -3.68. The van der Waals surface area contributed by atoms with Crippen molar-refractivity contribution in [3.05, 3.63) is 53.6 Å². The van der Waals surface area contributed by atoms with Crippen LogP contribution in [0, 0.1) is 0 Å². The Balaban J connectivity index is 1.48. The van der Waals surface area contributed by atoms with E-state index in [1.54, 1.807) is 0 Å². The molecule has 11 heteroatoms. The number of benzene rings is 2. The topological polar surface area (TPSA) is 84.9 Å². The van der Waals surface area contributed by atoms with Gasteiger partial charge < -0.3 is 14.8 Å². The van der Waals surface area contributed by atoms with E-state index in [9.17, 15) is 26.4 Å². The van der Waals surface area contributed by atoms with Gasteiger partial charge in [-0.2, -0.15) is 17.5 Å². The van der Waals surface area contributed by atoms with Crippen molar-refractivity contribution in [1.82, 2.24) is 9.62 Å². The van der Waals surface area contributed by atoms with E-state index in [0.29, 0.717) is 37.6 Å². The Hall–Kier alpha value is -2.79. The molecule has 1 amide bonds. The molecule has 0 radical (unpaired) electrons. The molecule has 1 N–H and O–H groups in total. The lowest BCUT2D eigenvalue weighted by Crippen LogP contribution is -2.45. The van der Waals surface area contributed by atoms with Crippen LogP contribution >= 0.6 is 0 Å². The predicted molar refractivity (Wildman–Crippen MR) is 108 cm³/mol. The van der Waals surface area contributed by atoms with Gasteiger partial charge in [0.15, 0.2) is 11.5 Å². The molecule has 7 nitrogen and oxygen atoms in total. The maximum atomic E-state index is 13.2. The van der Waals surface area contributed by atoms with Crippen LogP contribution in [0.3, 0.4) is 0 Å². The normalized spacial score (nSPS) is 19.0. The number of carbonyl (C=O) groups excluding carboxylic acids is 1. The maximum absolute atomic E-state index is 13.2. The third-order valence-corrected chi connectivity index (χ3v) is 7.25. The Kier molecular flexibility index (Phi) is 6.04. The van der Waals surface area contributed by atoms with Crippen molar-refractivity contribution in [3.8, 4) is 11.5 Å². The SMILES string of the molecule is O=C(NCc1cccc(C(F)(F)F)c1)C1CCCN1S(=O)(=O)c1ccc2c(c1)OCCO2. The molecule has 2 aliphatic rings. The number of alkyl halides is 3. The fourth-order valence-corrected chi connectivity index (χ4v) is 5.45. The predicted octanol–water partition coefficient (Wildman–Crippen LogP) is 2.95. The first-order valence-corrected chi connectivity index (χ1v) is 11.5. The summed E-state index contributed by atoms with van der Waals surface area (Å²) in [5, 5.41) is 2.57. The van der Waals surface area contributed by atoms with Crippen molar-refractivity contribution in [3.63, 3.8) is 0 Å². The molecule has 0 aliphatic carbocycles. The standard InChI is InChI=1S/C21H21F3N2O5S/c22-21(23,24)15-4-1-3-14(11-15)13-25-20(27)17-5-2-8-26(17)32(28,29)16-6-7-18-19(12-16)31-10-9-30-18/h1,3-4,6-7,11-12,17H,2,5,8-10,13H2,(H,25,27). The van der Waals surface area contributed by atoms with E-state index in [1.807, 2.05) is 0 Å². The van der Waals surface area contributed by atoms with Gasteiger partial charge in [-0.1, -0.05) is 12.1 Å². The Morgan fingerprint density at radius 1 is 1.09 bits per heavy atom. The Bertz CT molecular complexity index is 1120. The Morgan fingerprint density at radius 2 is 1.84 bits per heavy atom. The van der Waals surface area contributed by atoms with Crippen LogP contribution in [0.15, 0.2) is 47.4 Å². The van der Waals surface area contributed by atoms with Gasteiger partial charge in [-0.3, -0.25) is 4.79 Å². The van der Waals surface area contributed by atoms with Gasteiger partial charge in [0.2, 0.25) is 15.9 Å². The van der Waals surface area contributed by atoms with Crippen molar-refractivity contribution >= 4 is 15.9 Å². The highest BCUT2D eigenvalue weighted by molar-refractivity contribution is 7.89. The van der Waals surface area contributed by atoms with E-state index in [4.69, 9.17) is 9.47 Å². The largest absolute Gasteiger partial charge is 0.486 e. The molecule has 0 spiro atoms. The number of carbonyl (C=O) groups is 1. The second kappa shape index (κ2) is 8.62. The minimum Gasteiger partial charge on any atom is -0.486 e. The third kappa shape index (κ3) is 4.53. The molecule has 0 aromatic heterocycles. The number of ether oxygens (including phenoxy) is 2. The lowest BCUT2D eigenvalue weighted by atomic mass is 10.1. The van der Waals surface area contributed by atoms with Crippen LogP contribution in [0.2, 0.25) is 0 Å². The molecule has 32 heavy (non-hydrogen) atoms. The summed E-state index contributed by atoms with van der Waals surface area (Å²) >= 11 is 0. The van der Waals surface area contributed by atoms with Crippen molar-refractivity contribution in [2.24, 2.45) is 0 Å². The van der Waals surface area contributed by atoms with Gasteiger partial charge in [0.25, 0.3) is 0 Å². The van der Waals surface area contributed by atoms with E-state index in [0.717, 1.165) is 16.4 Å². The molecule has 1 fully saturated rings. The summed E-state index contributed by atoms with van der Waals surface area (Å²) < 4.78 is 77.0. The highest BCUT2D eigenvalue weighted by Crippen LogP contribution is 2.35. The van der Waals surface area contributed by atoms with Gasteiger partial charge in [-0.15, -0.1) is 0 Å². The minimum atomic E-state index is -4.49. The van der Waals surface area contributed by atoms with Gasteiger partial charge in [0.1, 0.15) is 19.3 Å². The number of fused-ring (bicyclic) bond motifs is 1. The van der Waals surface area contributed by atoms with Crippen molar-refractivity contribution < 1.29 is 35.9 Å². The van der Waals surface area contributed by atoms with E-state index < -0.39 is 33.7 Å². The number of hydrogen-bond acceptors (Lipinski definition) is 5. The molecule has 2 aromatic rings. The van der Waals surface area contributed by atoms with Crippen LogP contribution < -0.4 is 14.8 Å². The number of amides is 1. The van der Waals surface area contributed by atoms with E-state index in [1.165, 1.54) is 30.3 Å². The quantitative estimate of drug-likeness (QED) is 0.727.